The Morgan fingerprint density at radius 3 is 2.80 bits per heavy atom. The van der Waals surface area contributed by atoms with Gasteiger partial charge >= 0.3 is 0 Å². The van der Waals surface area contributed by atoms with Crippen LogP contribution in [-0.2, 0) is 9.53 Å². The van der Waals surface area contributed by atoms with Crippen LogP contribution in [0.3, 0.4) is 0 Å². The zero-order valence-corrected chi connectivity index (χ0v) is 12.0. The van der Waals surface area contributed by atoms with Gasteiger partial charge in [-0.15, -0.1) is 0 Å². The van der Waals surface area contributed by atoms with Crippen molar-refractivity contribution in [2.45, 2.75) is 51.0 Å². The number of carbonyl (C=O) groups is 1. The Labute approximate surface area is 119 Å². The molecule has 0 radical (unpaired) electrons. The largest absolute Gasteiger partial charge is 0.409 e. The molecule has 1 aliphatic heterocycles. The fourth-order valence-corrected chi connectivity index (χ4v) is 3.08. The van der Waals surface area contributed by atoms with Crippen LogP contribution >= 0.6 is 0 Å². The van der Waals surface area contributed by atoms with Crippen molar-refractivity contribution in [3.8, 4) is 0 Å². The molecule has 3 N–H and O–H groups in total. The number of morpholine rings is 1. The summed E-state index contributed by atoms with van der Waals surface area (Å²) in [6, 6.07) is 0. The van der Waals surface area contributed by atoms with Gasteiger partial charge in [-0.1, -0.05) is 37.3 Å². The van der Waals surface area contributed by atoms with Crippen molar-refractivity contribution < 1.29 is 14.7 Å². The quantitative estimate of drug-likeness (QED) is 0.352. The minimum Gasteiger partial charge on any atom is -0.409 e. The number of nitrogens with zero attached hydrogens (tertiary/aromatic N) is 2. The van der Waals surface area contributed by atoms with Gasteiger partial charge in [0.1, 0.15) is 6.10 Å². The Morgan fingerprint density at radius 2 is 2.10 bits per heavy atom. The lowest BCUT2D eigenvalue weighted by Gasteiger charge is -2.32. The van der Waals surface area contributed by atoms with Crippen molar-refractivity contribution in [2.75, 3.05) is 19.7 Å². The fourth-order valence-electron chi connectivity index (χ4n) is 3.08. The van der Waals surface area contributed by atoms with Gasteiger partial charge in [-0.2, -0.15) is 0 Å². The second kappa shape index (κ2) is 7.47. The molecule has 20 heavy (non-hydrogen) atoms. The van der Waals surface area contributed by atoms with E-state index in [1.165, 1.54) is 32.1 Å². The van der Waals surface area contributed by atoms with Crippen molar-refractivity contribution >= 4 is 11.7 Å². The molecule has 0 bridgehead atoms. The minimum atomic E-state index is -0.479. The number of amidine groups is 1. The van der Waals surface area contributed by atoms with E-state index in [1.807, 2.05) is 0 Å². The summed E-state index contributed by atoms with van der Waals surface area (Å²) >= 11 is 0. The predicted octanol–water partition coefficient (Wildman–Crippen LogP) is 1.32. The van der Waals surface area contributed by atoms with Crippen LogP contribution in [0.15, 0.2) is 5.16 Å². The molecule has 2 fully saturated rings. The Hall–Kier alpha value is -1.30. The second-order valence-corrected chi connectivity index (χ2v) is 5.77. The van der Waals surface area contributed by atoms with E-state index in [4.69, 9.17) is 15.7 Å². The highest BCUT2D eigenvalue weighted by atomic mass is 16.5. The molecule has 1 aliphatic carbocycles. The summed E-state index contributed by atoms with van der Waals surface area (Å²) in [4.78, 5) is 14.0. The predicted molar refractivity (Wildman–Crippen MR) is 75.5 cm³/mol. The van der Waals surface area contributed by atoms with Gasteiger partial charge in [0.2, 0.25) is 5.91 Å². The molecule has 1 unspecified atom stereocenters. The lowest BCUT2D eigenvalue weighted by atomic mass is 9.86. The molecule has 114 valence electrons. The first-order valence-electron chi connectivity index (χ1n) is 7.57. The van der Waals surface area contributed by atoms with Gasteiger partial charge < -0.3 is 20.6 Å². The van der Waals surface area contributed by atoms with E-state index < -0.39 is 6.10 Å². The zero-order valence-electron chi connectivity index (χ0n) is 12.0. The molecule has 0 spiro atoms. The Kier molecular flexibility index (Phi) is 5.64. The molecule has 0 aromatic heterocycles. The normalized spacial score (nSPS) is 25.7. The summed E-state index contributed by atoms with van der Waals surface area (Å²) in [5.41, 5.74) is 5.54. The van der Waals surface area contributed by atoms with Gasteiger partial charge in [-0.25, -0.2) is 0 Å². The monoisotopic (exact) mass is 283 g/mol. The summed E-state index contributed by atoms with van der Waals surface area (Å²) in [5, 5.41) is 11.6. The van der Waals surface area contributed by atoms with E-state index in [0.717, 1.165) is 6.42 Å². The van der Waals surface area contributed by atoms with Gasteiger partial charge in [0.15, 0.2) is 5.84 Å². The maximum Gasteiger partial charge on any atom is 0.222 e. The number of hydrogen-bond donors (Lipinski definition) is 2. The van der Waals surface area contributed by atoms with Gasteiger partial charge in [-0.3, -0.25) is 4.79 Å². The molecule has 2 rings (SSSR count). The van der Waals surface area contributed by atoms with E-state index in [-0.39, 0.29) is 11.7 Å². The highest BCUT2D eigenvalue weighted by Gasteiger charge is 2.27. The Balaban J connectivity index is 1.76. The van der Waals surface area contributed by atoms with Gasteiger partial charge in [0, 0.05) is 13.0 Å². The number of hydrogen-bond acceptors (Lipinski definition) is 4. The number of nitrogens with two attached hydrogens (primary N) is 1. The third-order valence-electron chi connectivity index (χ3n) is 4.36. The van der Waals surface area contributed by atoms with Crippen LogP contribution in [-0.4, -0.2) is 47.7 Å². The van der Waals surface area contributed by atoms with Crippen molar-refractivity contribution in [1.29, 1.82) is 0 Å². The first-order chi connectivity index (χ1) is 9.70. The molecule has 6 nitrogen and oxygen atoms in total. The van der Waals surface area contributed by atoms with Crippen molar-refractivity contribution in [3.05, 3.63) is 0 Å². The molecular formula is C14H25N3O3. The van der Waals surface area contributed by atoms with Gasteiger partial charge in [0.25, 0.3) is 0 Å². The fraction of sp³-hybridized carbons (Fsp3) is 0.857. The standard InChI is InChI=1S/C14H25N3O3/c15-14(16-19)12-10-17(8-9-20-12)13(18)7-6-11-4-2-1-3-5-11/h11-12,19H,1-10H2,(H2,15,16). The molecule has 1 saturated heterocycles. The zero-order chi connectivity index (χ0) is 14.4. The van der Waals surface area contributed by atoms with Crippen LogP contribution < -0.4 is 5.73 Å². The third kappa shape index (κ3) is 4.10. The first kappa shape index (κ1) is 15.1. The van der Waals surface area contributed by atoms with E-state index in [2.05, 4.69) is 5.16 Å². The maximum absolute atomic E-state index is 12.2. The number of carbonyl (C=O) groups excluding carboxylic acids is 1. The molecule has 1 heterocycles. The van der Waals surface area contributed by atoms with Crippen molar-refractivity contribution in [2.24, 2.45) is 16.8 Å². The van der Waals surface area contributed by atoms with Crippen LogP contribution in [0.2, 0.25) is 0 Å². The first-order valence-corrected chi connectivity index (χ1v) is 7.57. The Morgan fingerprint density at radius 1 is 1.35 bits per heavy atom. The van der Waals surface area contributed by atoms with E-state index in [9.17, 15) is 4.79 Å². The molecule has 1 atom stereocenters. The molecular weight excluding hydrogens is 258 g/mol. The highest BCUT2D eigenvalue weighted by molar-refractivity contribution is 5.85. The molecule has 1 saturated carbocycles. The summed E-state index contributed by atoms with van der Waals surface area (Å²) in [7, 11) is 0. The topological polar surface area (TPSA) is 88.2 Å². The lowest BCUT2D eigenvalue weighted by Crippen LogP contribution is -2.50. The molecule has 0 aromatic carbocycles. The number of ether oxygens (including phenoxy) is 1. The lowest BCUT2D eigenvalue weighted by molar-refractivity contribution is -0.137. The minimum absolute atomic E-state index is 0.0368. The second-order valence-electron chi connectivity index (χ2n) is 5.77. The van der Waals surface area contributed by atoms with Crippen LogP contribution in [0.25, 0.3) is 0 Å². The van der Waals surface area contributed by atoms with E-state index >= 15 is 0 Å². The van der Waals surface area contributed by atoms with Crippen molar-refractivity contribution in [3.63, 3.8) is 0 Å². The summed E-state index contributed by atoms with van der Waals surface area (Å²) < 4.78 is 5.40. The van der Waals surface area contributed by atoms with Crippen LogP contribution in [0.5, 0.6) is 0 Å². The summed E-state index contributed by atoms with van der Waals surface area (Å²) in [6.07, 6.45) is 7.61. The van der Waals surface area contributed by atoms with Crippen molar-refractivity contribution in [1.82, 2.24) is 4.90 Å². The van der Waals surface area contributed by atoms with E-state index in [0.29, 0.717) is 32.0 Å². The Bertz CT molecular complexity index is 354. The number of oxime groups is 1. The van der Waals surface area contributed by atoms with Gasteiger partial charge in [-0.05, 0) is 12.3 Å². The number of amides is 1. The van der Waals surface area contributed by atoms with Crippen LogP contribution in [0.4, 0.5) is 0 Å². The molecule has 6 heteroatoms. The average molecular weight is 283 g/mol. The molecule has 1 amide bonds. The van der Waals surface area contributed by atoms with Crippen LogP contribution in [0, 0.1) is 5.92 Å². The summed E-state index contributed by atoms with van der Waals surface area (Å²) in [6.45, 7) is 1.42. The SMILES string of the molecule is NC(=NO)C1CN(C(=O)CCC2CCCCC2)CCO1. The average Bonchev–Trinajstić information content (AvgIpc) is 2.53. The number of rotatable bonds is 4. The van der Waals surface area contributed by atoms with Crippen LogP contribution in [0.1, 0.15) is 44.9 Å². The third-order valence-corrected chi connectivity index (χ3v) is 4.36. The maximum atomic E-state index is 12.2. The molecule has 2 aliphatic rings. The smallest absolute Gasteiger partial charge is 0.222 e. The highest BCUT2D eigenvalue weighted by Crippen LogP contribution is 2.27. The van der Waals surface area contributed by atoms with Gasteiger partial charge in [0.05, 0.1) is 13.2 Å². The summed E-state index contributed by atoms with van der Waals surface area (Å²) in [5.74, 6) is 0.915. The molecule has 0 aromatic rings. The van der Waals surface area contributed by atoms with E-state index in [1.54, 1.807) is 4.90 Å².